The van der Waals surface area contributed by atoms with Gasteiger partial charge in [0.25, 0.3) is 0 Å². The van der Waals surface area contributed by atoms with Gasteiger partial charge in [-0.15, -0.1) is 0 Å². The van der Waals surface area contributed by atoms with Gasteiger partial charge in [0.15, 0.2) is 0 Å². The van der Waals surface area contributed by atoms with Crippen LogP contribution in [0.5, 0.6) is 0 Å². The van der Waals surface area contributed by atoms with Crippen molar-refractivity contribution in [3.05, 3.63) is 29.3 Å². The minimum atomic E-state index is 0.786. The SMILES string of the molecule is Cc1cccc(NCCCCN)c1C. The van der Waals surface area contributed by atoms with Crippen LogP contribution in [-0.4, -0.2) is 13.1 Å². The molecule has 3 N–H and O–H groups in total. The Bertz CT molecular complexity index is 282. The van der Waals surface area contributed by atoms with Crippen molar-refractivity contribution in [3.8, 4) is 0 Å². The van der Waals surface area contributed by atoms with Crippen LogP contribution in [-0.2, 0) is 0 Å². The van der Waals surface area contributed by atoms with Crippen molar-refractivity contribution in [1.82, 2.24) is 0 Å². The molecule has 1 aromatic rings. The van der Waals surface area contributed by atoms with Gasteiger partial charge in [0.05, 0.1) is 0 Å². The predicted molar refractivity (Wildman–Crippen MR) is 62.7 cm³/mol. The van der Waals surface area contributed by atoms with E-state index >= 15 is 0 Å². The maximum absolute atomic E-state index is 5.43. The Hall–Kier alpha value is -1.02. The van der Waals surface area contributed by atoms with Crippen LogP contribution < -0.4 is 11.1 Å². The number of unbranched alkanes of at least 4 members (excludes halogenated alkanes) is 1. The molecule has 0 fully saturated rings. The normalized spacial score (nSPS) is 10.2. The molecule has 0 aromatic heterocycles. The molecular weight excluding hydrogens is 172 g/mol. The van der Waals surface area contributed by atoms with Crippen LogP contribution in [0.15, 0.2) is 18.2 Å². The van der Waals surface area contributed by atoms with E-state index in [1.807, 2.05) is 0 Å². The highest BCUT2D eigenvalue weighted by atomic mass is 14.9. The number of nitrogens with two attached hydrogens (primary N) is 1. The van der Waals surface area contributed by atoms with Crippen LogP contribution in [0.1, 0.15) is 24.0 Å². The van der Waals surface area contributed by atoms with Crippen molar-refractivity contribution in [2.75, 3.05) is 18.4 Å². The molecule has 0 saturated heterocycles. The maximum Gasteiger partial charge on any atom is 0.0372 e. The highest BCUT2D eigenvalue weighted by molar-refractivity contribution is 5.53. The van der Waals surface area contributed by atoms with Gasteiger partial charge in [-0.3, -0.25) is 0 Å². The minimum Gasteiger partial charge on any atom is -0.385 e. The number of nitrogens with one attached hydrogen (secondary N) is 1. The molecule has 0 radical (unpaired) electrons. The Morgan fingerprint density at radius 3 is 2.71 bits per heavy atom. The van der Waals surface area contributed by atoms with Crippen LogP contribution in [0, 0.1) is 13.8 Å². The summed E-state index contributed by atoms with van der Waals surface area (Å²) in [6, 6.07) is 6.36. The molecule has 1 aromatic carbocycles. The van der Waals surface area contributed by atoms with E-state index in [-0.39, 0.29) is 0 Å². The lowest BCUT2D eigenvalue weighted by Gasteiger charge is -2.10. The fourth-order valence-corrected chi connectivity index (χ4v) is 1.43. The molecule has 0 unspecified atom stereocenters. The lowest BCUT2D eigenvalue weighted by atomic mass is 10.1. The van der Waals surface area contributed by atoms with Crippen molar-refractivity contribution >= 4 is 5.69 Å². The molecule has 0 aliphatic rings. The molecule has 0 amide bonds. The predicted octanol–water partition coefficient (Wildman–Crippen LogP) is 2.45. The van der Waals surface area contributed by atoms with E-state index in [1.54, 1.807) is 0 Å². The van der Waals surface area contributed by atoms with Gasteiger partial charge in [-0.1, -0.05) is 12.1 Å². The van der Waals surface area contributed by atoms with E-state index in [4.69, 9.17) is 5.73 Å². The van der Waals surface area contributed by atoms with Gasteiger partial charge in [0.1, 0.15) is 0 Å². The van der Waals surface area contributed by atoms with E-state index in [0.29, 0.717) is 0 Å². The summed E-state index contributed by atoms with van der Waals surface area (Å²) in [5.41, 5.74) is 9.38. The molecule has 78 valence electrons. The topological polar surface area (TPSA) is 38.0 Å². The number of benzene rings is 1. The Kier molecular flexibility index (Phi) is 4.47. The van der Waals surface area contributed by atoms with Crippen LogP contribution in [0.2, 0.25) is 0 Å². The number of rotatable bonds is 5. The van der Waals surface area contributed by atoms with Gasteiger partial charge in [0.2, 0.25) is 0 Å². The van der Waals surface area contributed by atoms with Crippen molar-refractivity contribution in [1.29, 1.82) is 0 Å². The molecule has 0 aliphatic carbocycles. The Labute approximate surface area is 86.5 Å². The monoisotopic (exact) mass is 192 g/mol. The molecule has 0 bridgehead atoms. The zero-order valence-corrected chi connectivity index (χ0v) is 9.14. The zero-order valence-electron chi connectivity index (χ0n) is 9.14. The van der Waals surface area contributed by atoms with Gasteiger partial charge >= 0.3 is 0 Å². The van der Waals surface area contributed by atoms with Gasteiger partial charge in [-0.25, -0.2) is 0 Å². The van der Waals surface area contributed by atoms with E-state index < -0.39 is 0 Å². The van der Waals surface area contributed by atoms with Crippen molar-refractivity contribution in [3.63, 3.8) is 0 Å². The van der Waals surface area contributed by atoms with E-state index in [0.717, 1.165) is 25.9 Å². The molecule has 0 heterocycles. The van der Waals surface area contributed by atoms with Crippen LogP contribution in [0.4, 0.5) is 5.69 Å². The molecule has 0 atom stereocenters. The average molecular weight is 192 g/mol. The smallest absolute Gasteiger partial charge is 0.0372 e. The third-order valence-electron chi connectivity index (χ3n) is 2.55. The number of aryl methyl sites for hydroxylation is 1. The van der Waals surface area contributed by atoms with Crippen molar-refractivity contribution in [2.24, 2.45) is 5.73 Å². The first-order valence-electron chi connectivity index (χ1n) is 5.26. The number of anilines is 1. The fraction of sp³-hybridized carbons (Fsp3) is 0.500. The molecule has 0 aliphatic heterocycles. The number of hydrogen-bond donors (Lipinski definition) is 2. The summed E-state index contributed by atoms with van der Waals surface area (Å²) >= 11 is 0. The minimum absolute atomic E-state index is 0.786. The summed E-state index contributed by atoms with van der Waals surface area (Å²) in [5.74, 6) is 0. The summed E-state index contributed by atoms with van der Waals surface area (Å²) in [7, 11) is 0. The van der Waals surface area contributed by atoms with Crippen LogP contribution >= 0.6 is 0 Å². The summed E-state index contributed by atoms with van der Waals surface area (Å²) in [4.78, 5) is 0. The largest absolute Gasteiger partial charge is 0.385 e. The Balaban J connectivity index is 2.46. The van der Waals surface area contributed by atoms with Gasteiger partial charge in [0, 0.05) is 12.2 Å². The van der Waals surface area contributed by atoms with E-state index in [2.05, 4.69) is 37.4 Å². The first kappa shape index (κ1) is 11.1. The third-order valence-corrected chi connectivity index (χ3v) is 2.55. The molecular formula is C12H20N2. The summed E-state index contributed by atoms with van der Waals surface area (Å²) in [6.07, 6.45) is 2.24. The highest BCUT2D eigenvalue weighted by Crippen LogP contribution is 2.17. The standard InChI is InChI=1S/C12H20N2/c1-10-6-5-7-12(11(10)2)14-9-4-3-8-13/h5-7,14H,3-4,8-9,13H2,1-2H3. The second kappa shape index (κ2) is 5.66. The van der Waals surface area contributed by atoms with E-state index in [1.165, 1.54) is 16.8 Å². The fourth-order valence-electron chi connectivity index (χ4n) is 1.43. The van der Waals surface area contributed by atoms with Gasteiger partial charge in [-0.05, 0) is 50.4 Å². The average Bonchev–Trinajstić information content (AvgIpc) is 2.19. The lowest BCUT2D eigenvalue weighted by Crippen LogP contribution is -2.06. The van der Waals surface area contributed by atoms with Gasteiger partial charge < -0.3 is 11.1 Å². The first-order valence-corrected chi connectivity index (χ1v) is 5.26. The van der Waals surface area contributed by atoms with Crippen molar-refractivity contribution < 1.29 is 0 Å². The molecule has 0 spiro atoms. The van der Waals surface area contributed by atoms with Crippen LogP contribution in [0.25, 0.3) is 0 Å². The lowest BCUT2D eigenvalue weighted by molar-refractivity contribution is 0.774. The molecule has 1 rings (SSSR count). The second-order valence-corrected chi connectivity index (χ2v) is 3.67. The Morgan fingerprint density at radius 2 is 2.00 bits per heavy atom. The van der Waals surface area contributed by atoms with Crippen molar-refractivity contribution in [2.45, 2.75) is 26.7 Å². The Morgan fingerprint density at radius 1 is 1.21 bits per heavy atom. The van der Waals surface area contributed by atoms with Crippen LogP contribution in [0.3, 0.4) is 0 Å². The van der Waals surface area contributed by atoms with Gasteiger partial charge in [-0.2, -0.15) is 0 Å². The molecule has 2 nitrogen and oxygen atoms in total. The molecule has 14 heavy (non-hydrogen) atoms. The van der Waals surface area contributed by atoms with E-state index in [9.17, 15) is 0 Å². The summed E-state index contributed by atoms with van der Waals surface area (Å²) in [6.45, 7) is 6.09. The summed E-state index contributed by atoms with van der Waals surface area (Å²) < 4.78 is 0. The number of hydrogen-bond acceptors (Lipinski definition) is 2. The molecule has 0 saturated carbocycles. The second-order valence-electron chi connectivity index (χ2n) is 3.67. The molecule has 2 heteroatoms. The highest BCUT2D eigenvalue weighted by Gasteiger charge is 1.98. The quantitative estimate of drug-likeness (QED) is 0.703. The third kappa shape index (κ3) is 3.04. The first-order chi connectivity index (χ1) is 6.75. The zero-order chi connectivity index (χ0) is 10.4. The maximum atomic E-state index is 5.43. The summed E-state index contributed by atoms with van der Waals surface area (Å²) in [5, 5.41) is 3.43.